The first-order chi connectivity index (χ1) is 7.95. The van der Waals surface area contributed by atoms with Gasteiger partial charge in [-0.25, -0.2) is 4.39 Å². The van der Waals surface area contributed by atoms with Gasteiger partial charge in [-0.15, -0.1) is 0 Å². The molecule has 1 rings (SSSR count). The van der Waals surface area contributed by atoms with Gasteiger partial charge in [-0.05, 0) is 24.7 Å². The summed E-state index contributed by atoms with van der Waals surface area (Å²) in [5.74, 6) is -0.286. The highest BCUT2D eigenvalue weighted by atomic mass is 19.1. The molecule has 0 saturated carbocycles. The summed E-state index contributed by atoms with van der Waals surface area (Å²) in [4.78, 5) is 11.3. The van der Waals surface area contributed by atoms with E-state index >= 15 is 0 Å². The zero-order chi connectivity index (χ0) is 12.9. The van der Waals surface area contributed by atoms with Gasteiger partial charge in [-0.3, -0.25) is 4.79 Å². The maximum absolute atomic E-state index is 12.8. The van der Waals surface area contributed by atoms with Crippen LogP contribution in [-0.2, 0) is 10.2 Å². The number of carbonyl (C=O) groups excluding carboxylic acids is 1. The minimum absolute atomic E-state index is 0.0392. The molecule has 0 aliphatic rings. The van der Waals surface area contributed by atoms with E-state index in [1.54, 1.807) is 19.2 Å². The van der Waals surface area contributed by atoms with Gasteiger partial charge in [0.05, 0.1) is 6.54 Å². The summed E-state index contributed by atoms with van der Waals surface area (Å²) in [6.45, 7) is 4.86. The molecule has 0 radical (unpaired) electrons. The third-order valence-electron chi connectivity index (χ3n) is 2.69. The molecule has 94 valence electrons. The van der Waals surface area contributed by atoms with Crippen LogP contribution in [0.5, 0.6) is 0 Å². The zero-order valence-electron chi connectivity index (χ0n) is 10.5. The Kier molecular flexibility index (Phi) is 4.63. The van der Waals surface area contributed by atoms with Gasteiger partial charge < -0.3 is 10.6 Å². The molecular weight excluding hydrogens is 219 g/mol. The fraction of sp³-hybridized carbons (Fsp3) is 0.462. The average Bonchev–Trinajstić information content (AvgIpc) is 2.28. The van der Waals surface area contributed by atoms with Crippen LogP contribution < -0.4 is 10.6 Å². The van der Waals surface area contributed by atoms with E-state index in [0.717, 1.165) is 5.56 Å². The van der Waals surface area contributed by atoms with E-state index in [9.17, 15) is 9.18 Å². The van der Waals surface area contributed by atoms with Crippen molar-refractivity contribution in [1.29, 1.82) is 0 Å². The van der Waals surface area contributed by atoms with Crippen molar-refractivity contribution in [2.45, 2.75) is 19.3 Å². The molecule has 17 heavy (non-hydrogen) atoms. The number of rotatable bonds is 5. The Labute approximate surface area is 101 Å². The Morgan fingerprint density at radius 2 is 1.88 bits per heavy atom. The standard InChI is InChI=1S/C13H19FN2O/c1-13(2,9-16-12(17)8-15-3)10-4-6-11(14)7-5-10/h4-7,15H,8-9H2,1-3H3,(H,16,17). The van der Waals surface area contributed by atoms with Gasteiger partial charge >= 0.3 is 0 Å². The van der Waals surface area contributed by atoms with Crippen molar-refractivity contribution in [3.63, 3.8) is 0 Å². The SMILES string of the molecule is CNCC(=O)NCC(C)(C)c1ccc(F)cc1. The molecule has 0 aliphatic heterocycles. The summed E-state index contributed by atoms with van der Waals surface area (Å²) >= 11 is 0. The predicted molar refractivity (Wildman–Crippen MR) is 66.4 cm³/mol. The van der Waals surface area contributed by atoms with E-state index in [1.165, 1.54) is 12.1 Å². The van der Waals surface area contributed by atoms with Gasteiger partial charge in [-0.2, -0.15) is 0 Å². The first kappa shape index (κ1) is 13.6. The molecule has 0 unspecified atom stereocenters. The van der Waals surface area contributed by atoms with Gasteiger partial charge in [0.2, 0.25) is 5.91 Å². The molecule has 0 heterocycles. The highest BCUT2D eigenvalue weighted by Crippen LogP contribution is 2.22. The van der Waals surface area contributed by atoms with E-state index in [-0.39, 0.29) is 17.1 Å². The van der Waals surface area contributed by atoms with Gasteiger partial charge in [0.15, 0.2) is 0 Å². The van der Waals surface area contributed by atoms with Crippen molar-refractivity contribution >= 4 is 5.91 Å². The van der Waals surface area contributed by atoms with Gasteiger partial charge in [0.1, 0.15) is 5.82 Å². The lowest BCUT2D eigenvalue weighted by Gasteiger charge is -2.25. The number of likely N-dealkylation sites (N-methyl/N-ethyl adjacent to an activating group) is 1. The van der Waals surface area contributed by atoms with Crippen molar-refractivity contribution in [1.82, 2.24) is 10.6 Å². The summed E-state index contributed by atoms with van der Waals surface area (Å²) in [6, 6.07) is 6.37. The smallest absolute Gasteiger partial charge is 0.233 e. The van der Waals surface area contributed by atoms with Crippen LogP contribution in [0.25, 0.3) is 0 Å². The Morgan fingerprint density at radius 3 is 2.41 bits per heavy atom. The van der Waals surface area contributed by atoms with Crippen molar-refractivity contribution in [3.8, 4) is 0 Å². The lowest BCUT2D eigenvalue weighted by molar-refractivity contribution is -0.120. The van der Waals surface area contributed by atoms with E-state index < -0.39 is 0 Å². The normalized spacial score (nSPS) is 11.3. The molecule has 0 fully saturated rings. The fourth-order valence-corrected chi connectivity index (χ4v) is 1.55. The third-order valence-corrected chi connectivity index (χ3v) is 2.69. The Balaban J connectivity index is 2.61. The second kappa shape index (κ2) is 5.77. The molecule has 4 heteroatoms. The largest absolute Gasteiger partial charge is 0.354 e. The topological polar surface area (TPSA) is 41.1 Å². The van der Waals surface area contributed by atoms with Crippen molar-refractivity contribution in [2.24, 2.45) is 0 Å². The first-order valence-electron chi connectivity index (χ1n) is 5.63. The highest BCUT2D eigenvalue weighted by molar-refractivity contribution is 5.78. The number of hydrogen-bond acceptors (Lipinski definition) is 2. The molecule has 2 N–H and O–H groups in total. The van der Waals surface area contributed by atoms with Crippen LogP contribution in [0.3, 0.4) is 0 Å². The summed E-state index contributed by atoms with van der Waals surface area (Å²) in [7, 11) is 1.73. The van der Waals surface area contributed by atoms with E-state index in [1.807, 2.05) is 13.8 Å². The molecule has 0 atom stereocenters. The van der Waals surface area contributed by atoms with Crippen LogP contribution in [0.15, 0.2) is 24.3 Å². The zero-order valence-corrected chi connectivity index (χ0v) is 10.5. The summed E-state index contributed by atoms with van der Waals surface area (Å²) in [5.41, 5.74) is 0.792. The Morgan fingerprint density at radius 1 is 1.29 bits per heavy atom. The predicted octanol–water partition coefficient (Wildman–Crippen LogP) is 1.44. The number of amides is 1. The van der Waals surface area contributed by atoms with Gasteiger partial charge in [0.25, 0.3) is 0 Å². The highest BCUT2D eigenvalue weighted by Gasteiger charge is 2.21. The van der Waals surface area contributed by atoms with Crippen LogP contribution in [0.1, 0.15) is 19.4 Å². The maximum Gasteiger partial charge on any atom is 0.233 e. The van der Waals surface area contributed by atoms with Crippen LogP contribution in [0.4, 0.5) is 4.39 Å². The Bertz CT molecular complexity index is 374. The maximum atomic E-state index is 12.8. The van der Waals surface area contributed by atoms with Crippen molar-refractivity contribution in [3.05, 3.63) is 35.6 Å². The molecular formula is C13H19FN2O. The molecule has 0 spiro atoms. The number of halogens is 1. The van der Waals surface area contributed by atoms with E-state index in [0.29, 0.717) is 13.1 Å². The lowest BCUT2D eigenvalue weighted by atomic mass is 9.84. The quantitative estimate of drug-likeness (QED) is 0.815. The van der Waals surface area contributed by atoms with E-state index in [4.69, 9.17) is 0 Å². The number of carbonyl (C=O) groups is 1. The summed E-state index contributed by atoms with van der Waals surface area (Å²) < 4.78 is 12.8. The molecule has 1 aromatic rings. The van der Waals surface area contributed by atoms with Gasteiger partial charge in [-0.1, -0.05) is 26.0 Å². The molecule has 3 nitrogen and oxygen atoms in total. The minimum atomic E-state index is -0.247. The van der Waals surface area contributed by atoms with Gasteiger partial charge in [0, 0.05) is 12.0 Å². The molecule has 0 aliphatic carbocycles. The molecule has 0 aromatic heterocycles. The van der Waals surface area contributed by atoms with Crippen molar-refractivity contribution in [2.75, 3.05) is 20.1 Å². The van der Waals surface area contributed by atoms with Crippen molar-refractivity contribution < 1.29 is 9.18 Å². The number of benzene rings is 1. The molecule has 0 bridgehead atoms. The molecule has 1 amide bonds. The lowest BCUT2D eigenvalue weighted by Crippen LogP contribution is -2.40. The third kappa shape index (κ3) is 4.15. The second-order valence-electron chi connectivity index (χ2n) is 4.70. The molecule has 0 saturated heterocycles. The van der Waals surface area contributed by atoms with Crippen LogP contribution in [0, 0.1) is 5.82 Å². The van der Waals surface area contributed by atoms with Crippen LogP contribution in [0.2, 0.25) is 0 Å². The number of nitrogens with one attached hydrogen (secondary N) is 2. The minimum Gasteiger partial charge on any atom is -0.354 e. The second-order valence-corrected chi connectivity index (χ2v) is 4.70. The van der Waals surface area contributed by atoms with Crippen LogP contribution >= 0.6 is 0 Å². The first-order valence-corrected chi connectivity index (χ1v) is 5.63. The monoisotopic (exact) mass is 238 g/mol. The Hall–Kier alpha value is -1.42. The van der Waals surface area contributed by atoms with E-state index in [2.05, 4.69) is 10.6 Å². The summed E-state index contributed by atoms with van der Waals surface area (Å²) in [6.07, 6.45) is 0. The summed E-state index contributed by atoms with van der Waals surface area (Å²) in [5, 5.41) is 5.63. The fourth-order valence-electron chi connectivity index (χ4n) is 1.55. The molecule has 1 aromatic carbocycles. The average molecular weight is 238 g/mol. The number of hydrogen-bond donors (Lipinski definition) is 2. The van der Waals surface area contributed by atoms with Crippen LogP contribution in [-0.4, -0.2) is 26.0 Å².